The molecule has 1 aliphatic rings. The lowest BCUT2D eigenvalue weighted by Gasteiger charge is -2.42. The highest BCUT2D eigenvalue weighted by atomic mass is 16.3. The van der Waals surface area contributed by atoms with Gasteiger partial charge in [-0.05, 0) is 25.2 Å². The Labute approximate surface area is 91.4 Å². The monoisotopic (exact) mass is 214 g/mol. The SMILES string of the molecule is C[C@@H](O)/C=C/[C@H]1[C@H](O)C[C@@H](O)CC1(C)C. The molecule has 15 heavy (non-hydrogen) atoms. The first-order chi connectivity index (χ1) is 6.83. The molecule has 3 nitrogen and oxygen atoms in total. The minimum atomic E-state index is -0.515. The van der Waals surface area contributed by atoms with E-state index in [1.807, 2.05) is 19.9 Å². The van der Waals surface area contributed by atoms with Crippen molar-refractivity contribution in [2.45, 2.75) is 51.9 Å². The molecule has 0 aliphatic heterocycles. The van der Waals surface area contributed by atoms with Gasteiger partial charge in [0.2, 0.25) is 0 Å². The second-order valence-electron chi connectivity index (χ2n) is 5.30. The molecule has 0 spiro atoms. The van der Waals surface area contributed by atoms with Crippen LogP contribution in [0.1, 0.15) is 33.6 Å². The first kappa shape index (κ1) is 12.7. The molecule has 1 saturated carbocycles. The number of hydrogen-bond acceptors (Lipinski definition) is 3. The lowest BCUT2D eigenvalue weighted by atomic mass is 9.66. The van der Waals surface area contributed by atoms with Crippen LogP contribution in [0.3, 0.4) is 0 Å². The Kier molecular flexibility index (Phi) is 3.93. The minimum absolute atomic E-state index is 0.00972. The molecule has 1 aliphatic carbocycles. The molecule has 3 N–H and O–H groups in total. The summed E-state index contributed by atoms with van der Waals surface area (Å²) in [5.74, 6) is 0.00972. The Morgan fingerprint density at radius 3 is 2.40 bits per heavy atom. The maximum Gasteiger partial charge on any atom is 0.0692 e. The van der Waals surface area contributed by atoms with E-state index in [-0.39, 0.29) is 11.3 Å². The topological polar surface area (TPSA) is 60.7 Å². The molecule has 1 rings (SSSR count). The standard InChI is InChI=1S/C12H22O3/c1-8(13)4-5-10-11(15)6-9(14)7-12(10,2)3/h4-5,8-11,13-15H,6-7H2,1-3H3/b5-4+/t8-,9-,10+,11-/m1/s1. The van der Waals surface area contributed by atoms with Gasteiger partial charge in [0.05, 0.1) is 18.3 Å². The number of hydrogen-bond donors (Lipinski definition) is 3. The predicted octanol–water partition coefficient (Wildman–Crippen LogP) is 1.08. The average Bonchev–Trinajstić information content (AvgIpc) is 1.98. The van der Waals surface area contributed by atoms with Gasteiger partial charge in [0, 0.05) is 5.92 Å². The maximum absolute atomic E-state index is 9.89. The molecule has 0 aromatic carbocycles. The second-order valence-corrected chi connectivity index (χ2v) is 5.30. The van der Waals surface area contributed by atoms with Crippen LogP contribution >= 0.6 is 0 Å². The van der Waals surface area contributed by atoms with Gasteiger partial charge in [-0.2, -0.15) is 0 Å². The van der Waals surface area contributed by atoms with Gasteiger partial charge < -0.3 is 15.3 Å². The zero-order valence-corrected chi connectivity index (χ0v) is 9.72. The van der Waals surface area contributed by atoms with E-state index in [1.165, 1.54) is 0 Å². The largest absolute Gasteiger partial charge is 0.393 e. The number of aliphatic hydroxyl groups is 3. The molecule has 3 heteroatoms. The minimum Gasteiger partial charge on any atom is -0.393 e. The molecule has 0 aromatic heterocycles. The van der Waals surface area contributed by atoms with E-state index in [0.29, 0.717) is 12.8 Å². The van der Waals surface area contributed by atoms with E-state index in [1.54, 1.807) is 13.0 Å². The zero-order chi connectivity index (χ0) is 11.6. The summed E-state index contributed by atoms with van der Waals surface area (Å²) < 4.78 is 0. The van der Waals surface area contributed by atoms with Gasteiger partial charge in [-0.1, -0.05) is 26.0 Å². The first-order valence-corrected chi connectivity index (χ1v) is 5.55. The van der Waals surface area contributed by atoms with Crippen molar-refractivity contribution in [1.29, 1.82) is 0 Å². The van der Waals surface area contributed by atoms with Gasteiger partial charge in [-0.15, -0.1) is 0 Å². The van der Waals surface area contributed by atoms with Crippen LogP contribution in [0, 0.1) is 11.3 Å². The smallest absolute Gasteiger partial charge is 0.0692 e. The molecule has 0 amide bonds. The first-order valence-electron chi connectivity index (χ1n) is 5.55. The zero-order valence-electron chi connectivity index (χ0n) is 9.72. The fourth-order valence-electron chi connectivity index (χ4n) is 2.44. The Bertz CT molecular complexity index is 233. The Morgan fingerprint density at radius 1 is 1.33 bits per heavy atom. The highest BCUT2D eigenvalue weighted by Crippen LogP contribution is 2.41. The molecule has 0 saturated heterocycles. The molecule has 1 fully saturated rings. The summed E-state index contributed by atoms with van der Waals surface area (Å²) in [4.78, 5) is 0. The summed E-state index contributed by atoms with van der Waals surface area (Å²) in [7, 11) is 0. The van der Waals surface area contributed by atoms with E-state index in [9.17, 15) is 15.3 Å². The summed E-state index contributed by atoms with van der Waals surface area (Å²) in [6, 6.07) is 0. The molecule has 0 radical (unpaired) electrons. The molecule has 0 heterocycles. The van der Waals surface area contributed by atoms with Crippen molar-refractivity contribution in [3.63, 3.8) is 0 Å². The summed E-state index contributed by atoms with van der Waals surface area (Å²) in [6.07, 6.45) is 3.29. The lowest BCUT2D eigenvalue weighted by molar-refractivity contribution is -0.0478. The van der Waals surface area contributed by atoms with E-state index in [2.05, 4.69) is 0 Å². The number of rotatable bonds is 2. The van der Waals surface area contributed by atoms with Crippen molar-refractivity contribution in [1.82, 2.24) is 0 Å². The van der Waals surface area contributed by atoms with Crippen molar-refractivity contribution in [2.75, 3.05) is 0 Å². The van der Waals surface area contributed by atoms with E-state index in [0.717, 1.165) is 0 Å². The van der Waals surface area contributed by atoms with Crippen LogP contribution in [0.2, 0.25) is 0 Å². The summed E-state index contributed by atoms with van der Waals surface area (Å²) in [5, 5.41) is 28.6. The molecule has 0 unspecified atom stereocenters. The summed E-state index contributed by atoms with van der Waals surface area (Å²) in [5.41, 5.74) is -0.123. The lowest BCUT2D eigenvalue weighted by Crippen LogP contribution is -2.43. The van der Waals surface area contributed by atoms with Crippen LogP contribution in [-0.2, 0) is 0 Å². The van der Waals surface area contributed by atoms with Gasteiger partial charge >= 0.3 is 0 Å². The molecular formula is C12H22O3. The number of aliphatic hydroxyl groups excluding tert-OH is 3. The fourth-order valence-corrected chi connectivity index (χ4v) is 2.44. The highest BCUT2D eigenvalue weighted by molar-refractivity contribution is 5.04. The van der Waals surface area contributed by atoms with Crippen LogP contribution in [0.25, 0.3) is 0 Å². The molecule has 0 bridgehead atoms. The van der Waals surface area contributed by atoms with Crippen molar-refractivity contribution >= 4 is 0 Å². The van der Waals surface area contributed by atoms with Crippen LogP contribution in [0.15, 0.2) is 12.2 Å². The van der Waals surface area contributed by atoms with Gasteiger partial charge in [0.1, 0.15) is 0 Å². The van der Waals surface area contributed by atoms with Crippen molar-refractivity contribution in [2.24, 2.45) is 11.3 Å². The Hall–Kier alpha value is -0.380. The van der Waals surface area contributed by atoms with E-state index in [4.69, 9.17) is 0 Å². The van der Waals surface area contributed by atoms with Crippen molar-refractivity contribution in [3.05, 3.63) is 12.2 Å². The second kappa shape index (κ2) is 4.64. The molecule has 88 valence electrons. The van der Waals surface area contributed by atoms with Crippen LogP contribution in [0.4, 0.5) is 0 Å². The van der Waals surface area contributed by atoms with Gasteiger partial charge in [0.25, 0.3) is 0 Å². The predicted molar refractivity (Wildman–Crippen MR) is 59.3 cm³/mol. The molecule has 4 atom stereocenters. The average molecular weight is 214 g/mol. The van der Waals surface area contributed by atoms with Crippen LogP contribution < -0.4 is 0 Å². The molecule has 0 aromatic rings. The maximum atomic E-state index is 9.89. The summed E-state index contributed by atoms with van der Waals surface area (Å²) >= 11 is 0. The third-order valence-electron chi connectivity index (χ3n) is 3.19. The van der Waals surface area contributed by atoms with E-state index >= 15 is 0 Å². The van der Waals surface area contributed by atoms with Gasteiger partial charge in [-0.25, -0.2) is 0 Å². The fraction of sp³-hybridized carbons (Fsp3) is 0.833. The highest BCUT2D eigenvalue weighted by Gasteiger charge is 2.40. The van der Waals surface area contributed by atoms with Crippen LogP contribution in [-0.4, -0.2) is 33.6 Å². The Morgan fingerprint density at radius 2 is 1.93 bits per heavy atom. The van der Waals surface area contributed by atoms with Crippen molar-refractivity contribution in [3.8, 4) is 0 Å². The third-order valence-corrected chi connectivity index (χ3v) is 3.19. The Balaban J connectivity index is 2.76. The molecular weight excluding hydrogens is 192 g/mol. The van der Waals surface area contributed by atoms with Gasteiger partial charge in [-0.3, -0.25) is 0 Å². The van der Waals surface area contributed by atoms with Crippen LogP contribution in [0.5, 0.6) is 0 Å². The quantitative estimate of drug-likeness (QED) is 0.603. The van der Waals surface area contributed by atoms with E-state index < -0.39 is 18.3 Å². The van der Waals surface area contributed by atoms with Crippen molar-refractivity contribution < 1.29 is 15.3 Å². The summed E-state index contributed by atoms with van der Waals surface area (Å²) in [6.45, 7) is 5.76. The third kappa shape index (κ3) is 3.30. The normalized spacial score (nSPS) is 38.1. The van der Waals surface area contributed by atoms with Gasteiger partial charge in [0.15, 0.2) is 0 Å².